The van der Waals surface area contributed by atoms with Crippen molar-refractivity contribution in [3.63, 3.8) is 0 Å². The molecule has 0 aromatic carbocycles. The van der Waals surface area contributed by atoms with Gasteiger partial charge >= 0.3 is 0 Å². The van der Waals surface area contributed by atoms with Crippen LogP contribution in [0.2, 0.25) is 0 Å². The Morgan fingerprint density at radius 1 is 1.31 bits per heavy atom. The highest BCUT2D eigenvalue weighted by molar-refractivity contribution is 7.89. The van der Waals surface area contributed by atoms with Crippen LogP contribution in [0.1, 0.15) is 19.8 Å². The van der Waals surface area contributed by atoms with E-state index in [1.807, 2.05) is 6.92 Å². The Morgan fingerprint density at radius 3 is 2.46 bits per heavy atom. The molecular formula is C8H17N2O2S-. The maximum absolute atomic E-state index is 11.6. The van der Waals surface area contributed by atoms with Crippen molar-refractivity contribution < 1.29 is 8.42 Å². The molecule has 1 fully saturated rings. The van der Waals surface area contributed by atoms with Crippen molar-refractivity contribution in [2.24, 2.45) is 0 Å². The number of piperazine rings is 1. The quantitative estimate of drug-likeness (QED) is 0.682. The molecule has 13 heavy (non-hydrogen) atoms. The Labute approximate surface area is 80.4 Å². The van der Waals surface area contributed by atoms with Crippen LogP contribution in [0.3, 0.4) is 0 Å². The van der Waals surface area contributed by atoms with Gasteiger partial charge in [0.25, 0.3) is 0 Å². The highest BCUT2D eigenvalue weighted by atomic mass is 32.2. The summed E-state index contributed by atoms with van der Waals surface area (Å²) in [6.45, 7) is 4.47. The molecule has 0 atom stereocenters. The smallest absolute Gasteiger partial charge is 0.213 e. The second-order valence-corrected chi connectivity index (χ2v) is 5.33. The van der Waals surface area contributed by atoms with Gasteiger partial charge in [-0.1, -0.05) is 13.3 Å². The lowest BCUT2D eigenvalue weighted by atomic mass is 10.4. The molecule has 0 aromatic rings. The fraction of sp³-hybridized carbons (Fsp3) is 1.00. The summed E-state index contributed by atoms with van der Waals surface area (Å²) in [6, 6.07) is 0. The Bertz CT molecular complexity index is 233. The number of unbranched alkanes of at least 4 members (excludes halogenated alkanes) is 1. The minimum atomic E-state index is -2.97. The predicted molar refractivity (Wildman–Crippen MR) is 53.4 cm³/mol. The predicted octanol–water partition coefficient (Wildman–Crippen LogP) is 0.806. The Kier molecular flexibility index (Phi) is 4.15. The van der Waals surface area contributed by atoms with Gasteiger partial charge in [0.2, 0.25) is 10.0 Å². The first kappa shape index (κ1) is 10.9. The lowest BCUT2D eigenvalue weighted by molar-refractivity contribution is 0.414. The molecule has 0 N–H and O–H groups in total. The summed E-state index contributed by atoms with van der Waals surface area (Å²) in [5.74, 6) is 0.295. The average Bonchev–Trinajstić information content (AvgIpc) is 2.16. The van der Waals surface area contributed by atoms with Crippen molar-refractivity contribution >= 4 is 10.0 Å². The summed E-state index contributed by atoms with van der Waals surface area (Å²) in [5, 5.41) is 4.12. The van der Waals surface area contributed by atoms with Gasteiger partial charge in [0.15, 0.2) is 0 Å². The van der Waals surface area contributed by atoms with Crippen LogP contribution < -0.4 is 0 Å². The lowest BCUT2D eigenvalue weighted by Crippen LogP contribution is -2.40. The van der Waals surface area contributed by atoms with E-state index in [4.69, 9.17) is 0 Å². The number of sulfonamides is 1. The molecule has 4 nitrogen and oxygen atoms in total. The molecule has 1 aliphatic heterocycles. The molecular weight excluding hydrogens is 188 g/mol. The van der Waals surface area contributed by atoms with E-state index in [2.05, 4.69) is 5.32 Å². The van der Waals surface area contributed by atoms with Crippen molar-refractivity contribution in [1.82, 2.24) is 4.31 Å². The van der Waals surface area contributed by atoms with E-state index in [-0.39, 0.29) is 0 Å². The number of rotatable bonds is 4. The molecule has 0 saturated carbocycles. The molecule has 1 rings (SSSR count). The molecule has 0 bridgehead atoms. The lowest BCUT2D eigenvalue weighted by Gasteiger charge is -2.34. The van der Waals surface area contributed by atoms with Gasteiger partial charge in [-0.3, -0.25) is 0 Å². The van der Waals surface area contributed by atoms with E-state index in [9.17, 15) is 8.42 Å². The summed E-state index contributed by atoms with van der Waals surface area (Å²) < 4.78 is 24.8. The zero-order chi connectivity index (χ0) is 9.73. The van der Waals surface area contributed by atoms with E-state index in [1.54, 1.807) is 4.31 Å². The molecule has 1 aliphatic rings. The molecule has 0 unspecified atom stereocenters. The van der Waals surface area contributed by atoms with Gasteiger partial charge in [-0.15, -0.1) is 13.1 Å². The second-order valence-electron chi connectivity index (χ2n) is 3.24. The molecule has 1 heterocycles. The van der Waals surface area contributed by atoms with Crippen LogP contribution in [0, 0.1) is 0 Å². The molecule has 0 amide bonds. The number of hydrogen-bond donors (Lipinski definition) is 0. The van der Waals surface area contributed by atoms with E-state index in [0.717, 1.165) is 12.8 Å². The van der Waals surface area contributed by atoms with E-state index in [0.29, 0.717) is 31.9 Å². The van der Waals surface area contributed by atoms with Crippen molar-refractivity contribution in [2.75, 3.05) is 31.9 Å². The standard InChI is InChI=1S/C8H17N2O2S/c1-2-3-8-13(11,12)10-6-4-9-5-7-10/h2-8H2,1H3/q-1. The van der Waals surface area contributed by atoms with Gasteiger partial charge in [-0.2, -0.15) is 0 Å². The summed E-state index contributed by atoms with van der Waals surface area (Å²) >= 11 is 0. The first-order valence-electron chi connectivity index (χ1n) is 4.78. The summed E-state index contributed by atoms with van der Waals surface area (Å²) in [7, 11) is -2.97. The van der Waals surface area contributed by atoms with Gasteiger partial charge in [-0.25, -0.2) is 12.7 Å². The summed E-state index contributed by atoms with van der Waals surface area (Å²) in [5.41, 5.74) is 0. The summed E-state index contributed by atoms with van der Waals surface area (Å²) in [6.07, 6.45) is 1.69. The minimum Gasteiger partial charge on any atom is -0.660 e. The van der Waals surface area contributed by atoms with Crippen molar-refractivity contribution in [1.29, 1.82) is 0 Å². The number of hydrogen-bond acceptors (Lipinski definition) is 2. The van der Waals surface area contributed by atoms with Crippen LogP contribution in [0.25, 0.3) is 5.32 Å². The fourth-order valence-electron chi connectivity index (χ4n) is 1.32. The van der Waals surface area contributed by atoms with Gasteiger partial charge in [0.05, 0.1) is 5.75 Å². The van der Waals surface area contributed by atoms with E-state index >= 15 is 0 Å². The minimum absolute atomic E-state index is 0.295. The van der Waals surface area contributed by atoms with Crippen LogP contribution in [0.5, 0.6) is 0 Å². The SMILES string of the molecule is CCCCS(=O)(=O)N1CC[N-]CC1. The van der Waals surface area contributed by atoms with Crippen LogP contribution in [0.15, 0.2) is 0 Å². The fourth-order valence-corrected chi connectivity index (χ4v) is 2.95. The Hall–Kier alpha value is -0.130. The van der Waals surface area contributed by atoms with Crippen LogP contribution in [0.4, 0.5) is 0 Å². The highest BCUT2D eigenvalue weighted by Crippen LogP contribution is 2.09. The third-order valence-corrected chi connectivity index (χ3v) is 4.12. The van der Waals surface area contributed by atoms with E-state index < -0.39 is 10.0 Å². The van der Waals surface area contributed by atoms with Crippen molar-refractivity contribution in [2.45, 2.75) is 19.8 Å². The Morgan fingerprint density at radius 2 is 1.92 bits per heavy atom. The zero-order valence-electron chi connectivity index (χ0n) is 8.07. The number of nitrogens with zero attached hydrogens (tertiary/aromatic N) is 2. The molecule has 0 radical (unpaired) electrons. The van der Waals surface area contributed by atoms with Crippen LogP contribution in [-0.2, 0) is 10.0 Å². The van der Waals surface area contributed by atoms with Gasteiger partial charge in [0.1, 0.15) is 0 Å². The summed E-state index contributed by atoms with van der Waals surface area (Å²) in [4.78, 5) is 0. The molecule has 0 spiro atoms. The average molecular weight is 205 g/mol. The van der Waals surface area contributed by atoms with Gasteiger partial charge in [0, 0.05) is 0 Å². The van der Waals surface area contributed by atoms with E-state index in [1.165, 1.54) is 0 Å². The highest BCUT2D eigenvalue weighted by Gasteiger charge is 2.19. The van der Waals surface area contributed by atoms with Crippen molar-refractivity contribution in [3.05, 3.63) is 5.32 Å². The monoisotopic (exact) mass is 205 g/mol. The zero-order valence-corrected chi connectivity index (χ0v) is 8.89. The van der Waals surface area contributed by atoms with Crippen molar-refractivity contribution in [3.8, 4) is 0 Å². The van der Waals surface area contributed by atoms with Gasteiger partial charge in [-0.05, 0) is 19.5 Å². The molecule has 1 saturated heterocycles. The molecule has 0 aliphatic carbocycles. The maximum atomic E-state index is 11.6. The molecule has 0 aromatic heterocycles. The largest absolute Gasteiger partial charge is 0.660 e. The first-order chi connectivity index (χ1) is 6.17. The van der Waals surface area contributed by atoms with Crippen LogP contribution in [-0.4, -0.2) is 44.7 Å². The Balaban J connectivity index is 2.47. The van der Waals surface area contributed by atoms with Crippen LogP contribution >= 0.6 is 0 Å². The molecule has 5 heteroatoms. The topological polar surface area (TPSA) is 51.5 Å². The maximum Gasteiger partial charge on any atom is 0.213 e. The normalized spacial score (nSPS) is 20.4. The second kappa shape index (κ2) is 4.93. The molecule has 78 valence electrons. The first-order valence-corrected chi connectivity index (χ1v) is 6.39. The third kappa shape index (κ3) is 3.25. The van der Waals surface area contributed by atoms with Gasteiger partial charge < -0.3 is 5.32 Å². The third-order valence-electron chi connectivity index (χ3n) is 2.16.